The SMILES string of the molecule is COc1cc([C@H](c2n(C)c(C)c(C)[n+]2[O-])C2C(=O)OC(C)(C)OC2=O)cc(OC)c1O. The molecule has 0 radical (unpaired) electrons. The summed E-state index contributed by atoms with van der Waals surface area (Å²) < 4.78 is 23.4. The summed E-state index contributed by atoms with van der Waals surface area (Å²) in [5, 5.41) is 23.4. The van der Waals surface area contributed by atoms with Crippen LogP contribution in [0.5, 0.6) is 17.2 Å². The Kier molecular flexibility index (Phi) is 5.51. The van der Waals surface area contributed by atoms with Crippen LogP contribution in [0.4, 0.5) is 0 Å². The first-order valence-corrected chi connectivity index (χ1v) is 9.59. The molecule has 1 N–H and O–H groups in total. The van der Waals surface area contributed by atoms with Gasteiger partial charge in [0.05, 0.1) is 21.3 Å². The van der Waals surface area contributed by atoms with E-state index in [2.05, 4.69) is 0 Å². The van der Waals surface area contributed by atoms with Gasteiger partial charge < -0.3 is 29.3 Å². The molecule has 2 aromatic rings. The topological polar surface area (TPSA) is 123 Å². The van der Waals surface area contributed by atoms with Crippen LogP contribution in [0.3, 0.4) is 0 Å². The van der Waals surface area contributed by atoms with E-state index in [1.54, 1.807) is 25.5 Å². The quantitative estimate of drug-likeness (QED) is 0.326. The Hall–Kier alpha value is -3.43. The lowest BCUT2D eigenvalue weighted by molar-refractivity contribution is -0.621. The Labute approximate surface area is 179 Å². The Morgan fingerprint density at radius 3 is 2.00 bits per heavy atom. The molecule has 1 atom stereocenters. The third-order valence-electron chi connectivity index (χ3n) is 5.56. The molecular weight excluding hydrogens is 408 g/mol. The molecule has 10 heteroatoms. The normalized spacial score (nSPS) is 17.1. The smallest absolute Gasteiger partial charge is 0.324 e. The molecule has 1 aromatic heterocycles. The van der Waals surface area contributed by atoms with Crippen LogP contribution in [0.25, 0.3) is 0 Å². The molecule has 2 heterocycles. The number of carbonyl (C=O) groups excluding carboxylic acids is 2. The summed E-state index contributed by atoms with van der Waals surface area (Å²) in [7, 11) is 4.37. The molecule has 168 valence electrons. The van der Waals surface area contributed by atoms with E-state index in [9.17, 15) is 19.9 Å². The van der Waals surface area contributed by atoms with E-state index in [1.807, 2.05) is 0 Å². The van der Waals surface area contributed by atoms with Crippen LogP contribution >= 0.6 is 0 Å². The second-order valence-electron chi connectivity index (χ2n) is 7.85. The average molecular weight is 434 g/mol. The number of rotatable bonds is 5. The molecule has 0 saturated carbocycles. The monoisotopic (exact) mass is 434 g/mol. The molecular formula is C21H26N2O8. The maximum absolute atomic E-state index is 13.1. The number of benzene rings is 1. The zero-order valence-corrected chi connectivity index (χ0v) is 18.5. The van der Waals surface area contributed by atoms with Crippen molar-refractivity contribution in [2.45, 2.75) is 39.4 Å². The number of hydrogen-bond donors (Lipinski definition) is 1. The van der Waals surface area contributed by atoms with Crippen molar-refractivity contribution in [3.63, 3.8) is 0 Å². The number of ether oxygens (including phenoxy) is 4. The molecule has 1 fully saturated rings. The van der Waals surface area contributed by atoms with E-state index in [0.29, 0.717) is 21.7 Å². The largest absolute Gasteiger partial charge is 0.711 e. The van der Waals surface area contributed by atoms with Gasteiger partial charge in [0.1, 0.15) is 17.3 Å². The summed E-state index contributed by atoms with van der Waals surface area (Å²) in [6, 6.07) is 2.89. The number of phenolic OH excluding ortho intramolecular Hbond substituents is 1. The number of carbonyl (C=O) groups is 2. The summed E-state index contributed by atoms with van der Waals surface area (Å²) >= 11 is 0. The maximum Gasteiger partial charge on any atom is 0.324 e. The van der Waals surface area contributed by atoms with Crippen LogP contribution in [0, 0.1) is 25.0 Å². The summed E-state index contributed by atoms with van der Waals surface area (Å²) in [5.41, 5.74) is 1.40. The third-order valence-corrected chi connectivity index (χ3v) is 5.56. The van der Waals surface area contributed by atoms with Gasteiger partial charge in [-0.05, 0) is 17.7 Å². The Bertz CT molecular complexity index is 986. The number of aromatic hydroxyl groups is 1. The molecule has 0 bridgehead atoms. The summed E-state index contributed by atoms with van der Waals surface area (Å²) in [6.45, 7) is 6.29. The molecule has 0 spiro atoms. The number of cyclic esters (lactones) is 2. The standard InChI is InChI=1S/C21H26N2O8/c1-10-11(2)23(27)18(22(10)5)15(16-19(25)30-21(3,4)31-20(16)26)12-8-13(28-6)17(24)14(9-12)29-7/h8-9,15-16,24H,1-7H3/t15-/m0/s1. The molecule has 1 aromatic carbocycles. The van der Waals surface area contributed by atoms with Crippen molar-refractivity contribution in [1.29, 1.82) is 0 Å². The number of imidazole rings is 1. The second-order valence-corrected chi connectivity index (χ2v) is 7.85. The van der Waals surface area contributed by atoms with Gasteiger partial charge >= 0.3 is 11.9 Å². The van der Waals surface area contributed by atoms with Crippen LogP contribution in [-0.2, 0) is 26.1 Å². The number of esters is 2. The van der Waals surface area contributed by atoms with Crippen molar-refractivity contribution >= 4 is 11.9 Å². The van der Waals surface area contributed by atoms with Gasteiger partial charge in [0, 0.05) is 27.7 Å². The zero-order valence-electron chi connectivity index (χ0n) is 18.5. The Morgan fingerprint density at radius 2 is 1.61 bits per heavy atom. The highest BCUT2D eigenvalue weighted by molar-refractivity contribution is 5.98. The lowest BCUT2D eigenvalue weighted by Gasteiger charge is -2.35. The molecule has 0 amide bonds. The highest BCUT2D eigenvalue weighted by Gasteiger charge is 2.52. The highest BCUT2D eigenvalue weighted by atomic mass is 16.7. The fraction of sp³-hybridized carbons (Fsp3) is 0.476. The number of phenols is 1. The minimum absolute atomic E-state index is 0.0531. The second kappa shape index (κ2) is 7.68. The van der Waals surface area contributed by atoms with Crippen LogP contribution in [-0.4, -0.2) is 41.6 Å². The fourth-order valence-electron chi connectivity index (χ4n) is 3.79. The maximum atomic E-state index is 13.1. The number of methoxy groups -OCH3 is 2. The molecule has 0 aliphatic carbocycles. The molecule has 31 heavy (non-hydrogen) atoms. The van der Waals surface area contributed by atoms with Gasteiger partial charge in [0.15, 0.2) is 17.4 Å². The minimum atomic E-state index is -1.46. The Balaban J connectivity index is 2.31. The summed E-state index contributed by atoms with van der Waals surface area (Å²) in [5.74, 6) is -5.65. The molecule has 1 aliphatic rings. The lowest BCUT2D eigenvalue weighted by atomic mass is 9.84. The van der Waals surface area contributed by atoms with Crippen LogP contribution in [0.1, 0.15) is 42.5 Å². The van der Waals surface area contributed by atoms with E-state index in [0.717, 1.165) is 0 Å². The molecule has 10 nitrogen and oxygen atoms in total. The first-order valence-electron chi connectivity index (χ1n) is 9.59. The van der Waals surface area contributed by atoms with E-state index < -0.39 is 29.6 Å². The van der Waals surface area contributed by atoms with Gasteiger partial charge in [-0.2, -0.15) is 0 Å². The van der Waals surface area contributed by atoms with E-state index in [-0.39, 0.29) is 23.1 Å². The predicted molar refractivity (Wildman–Crippen MR) is 107 cm³/mol. The number of nitrogens with zero attached hydrogens (tertiary/aromatic N) is 2. The van der Waals surface area contributed by atoms with Gasteiger partial charge in [-0.1, -0.05) is 0 Å². The molecule has 1 aliphatic heterocycles. The van der Waals surface area contributed by atoms with E-state index >= 15 is 0 Å². The summed E-state index contributed by atoms with van der Waals surface area (Å²) in [6.07, 6.45) is 0. The predicted octanol–water partition coefficient (Wildman–Crippen LogP) is 1.58. The first kappa shape index (κ1) is 22.3. The van der Waals surface area contributed by atoms with Crippen LogP contribution < -0.4 is 14.2 Å². The zero-order chi connectivity index (χ0) is 23.2. The van der Waals surface area contributed by atoms with Gasteiger partial charge in [0.25, 0.3) is 11.6 Å². The van der Waals surface area contributed by atoms with Crippen molar-refractivity contribution < 1.29 is 38.4 Å². The molecule has 0 unspecified atom stereocenters. The van der Waals surface area contributed by atoms with Crippen molar-refractivity contribution in [2.24, 2.45) is 13.0 Å². The van der Waals surface area contributed by atoms with Crippen LogP contribution in [0.15, 0.2) is 12.1 Å². The minimum Gasteiger partial charge on any atom is -0.711 e. The van der Waals surface area contributed by atoms with Gasteiger partial charge in [-0.15, -0.1) is 0 Å². The van der Waals surface area contributed by atoms with Crippen molar-refractivity contribution in [3.8, 4) is 17.2 Å². The average Bonchev–Trinajstić information content (AvgIpc) is 2.87. The van der Waals surface area contributed by atoms with E-state index in [1.165, 1.54) is 40.2 Å². The van der Waals surface area contributed by atoms with Crippen LogP contribution in [0.2, 0.25) is 0 Å². The van der Waals surface area contributed by atoms with Crippen molar-refractivity contribution in [3.05, 3.63) is 40.1 Å². The highest BCUT2D eigenvalue weighted by Crippen LogP contribution is 2.44. The fourth-order valence-corrected chi connectivity index (χ4v) is 3.79. The van der Waals surface area contributed by atoms with Gasteiger partial charge in [0.2, 0.25) is 5.75 Å². The number of hydrogen-bond acceptors (Lipinski definition) is 8. The first-order chi connectivity index (χ1) is 14.4. The van der Waals surface area contributed by atoms with Gasteiger partial charge in [-0.3, -0.25) is 9.59 Å². The van der Waals surface area contributed by atoms with E-state index in [4.69, 9.17) is 18.9 Å². The summed E-state index contributed by atoms with van der Waals surface area (Å²) in [4.78, 5) is 25.9. The lowest BCUT2D eigenvalue weighted by Crippen LogP contribution is -2.50. The van der Waals surface area contributed by atoms with Crippen molar-refractivity contribution in [1.82, 2.24) is 4.57 Å². The molecule has 3 rings (SSSR count). The van der Waals surface area contributed by atoms with Crippen molar-refractivity contribution in [2.75, 3.05) is 14.2 Å². The molecule has 1 saturated heterocycles. The Morgan fingerprint density at radius 1 is 1.13 bits per heavy atom. The number of aromatic nitrogens is 2. The third kappa shape index (κ3) is 3.62. The van der Waals surface area contributed by atoms with Gasteiger partial charge in [-0.25, -0.2) is 9.30 Å².